The first-order chi connectivity index (χ1) is 27.8. The van der Waals surface area contributed by atoms with Gasteiger partial charge in [0, 0.05) is 6.04 Å². The van der Waals surface area contributed by atoms with Crippen molar-refractivity contribution >= 4 is 34.7 Å². The average molecular weight is 931 g/mol. The van der Waals surface area contributed by atoms with E-state index in [1.807, 2.05) is 5.92 Å². The van der Waals surface area contributed by atoms with Crippen LogP contribution < -0.4 is 21.9 Å². The number of aliphatic imine (C=N–C) groups is 1. The van der Waals surface area contributed by atoms with Gasteiger partial charge >= 0.3 is 52.4 Å². The molecule has 0 bridgehead atoms. The summed E-state index contributed by atoms with van der Waals surface area (Å²) in [5, 5.41) is 0. The minimum atomic E-state index is -1.22. The van der Waals surface area contributed by atoms with Crippen LogP contribution in [0.1, 0.15) is 167 Å². The fraction of sp³-hybridized carbons (Fsp3) is 0.500. The molecule has 4 aromatic carbocycles. The van der Waals surface area contributed by atoms with E-state index >= 15 is 0 Å². The Balaban J connectivity index is 0.000000412. The van der Waals surface area contributed by atoms with Gasteiger partial charge in [-0.2, -0.15) is 21.9 Å². The Hall–Kier alpha value is -2.06. The van der Waals surface area contributed by atoms with Gasteiger partial charge in [-0.1, -0.05) is 269 Å². The summed E-state index contributed by atoms with van der Waals surface area (Å²) in [5.41, 5.74) is 5.36. The second-order valence-electron chi connectivity index (χ2n) is 16.3. The quantitative estimate of drug-likeness (QED) is 0.0818. The number of benzene rings is 4. The zero-order chi connectivity index (χ0) is 39.6. The van der Waals surface area contributed by atoms with Crippen molar-refractivity contribution in [2.45, 2.75) is 173 Å². The first-order valence-corrected chi connectivity index (χ1v) is 22.9. The van der Waals surface area contributed by atoms with Gasteiger partial charge in [0.05, 0.1) is 0 Å². The Morgan fingerprint density at radius 2 is 0.586 bits per heavy atom. The predicted molar refractivity (Wildman–Crippen MR) is 251 cm³/mol. The SMILES string of the molecule is C1CCCC1.C1CCCC1.C1CCCC1.C1CCCC1.[C-]#CC.[CH-]=NC1CCCCC1.[Zr+3].[Zr+4].c1ccc([B-](c2ccccc2)(c2ccccc2)c2ccccc2)cc1. The summed E-state index contributed by atoms with van der Waals surface area (Å²) in [5.74, 6) is 2.00. The Morgan fingerprint density at radius 1 is 0.414 bits per heavy atom. The molecule has 0 spiro atoms. The average Bonchev–Trinajstić information content (AvgIpc) is 4.15. The van der Waals surface area contributed by atoms with E-state index in [1.54, 1.807) is 6.92 Å². The molecule has 0 N–H and O–H groups in total. The van der Waals surface area contributed by atoms with Gasteiger partial charge in [0.15, 0.2) is 0 Å². The molecule has 0 saturated heterocycles. The van der Waals surface area contributed by atoms with Crippen LogP contribution in [0.5, 0.6) is 0 Å². The molecule has 1 nitrogen and oxygen atoms in total. The summed E-state index contributed by atoms with van der Waals surface area (Å²) in [7, 11) is 0. The van der Waals surface area contributed by atoms with E-state index in [4.69, 9.17) is 13.1 Å². The van der Waals surface area contributed by atoms with E-state index < -0.39 is 6.15 Å². The van der Waals surface area contributed by atoms with Crippen LogP contribution in [0, 0.1) is 12.3 Å². The molecule has 9 rings (SSSR count). The molecule has 5 fully saturated rings. The van der Waals surface area contributed by atoms with Gasteiger partial charge in [-0.15, -0.1) is 0 Å². The molecule has 4 aromatic rings. The van der Waals surface area contributed by atoms with Gasteiger partial charge < -0.3 is 24.1 Å². The largest absolute Gasteiger partial charge is 4.00 e. The molecule has 0 aliphatic heterocycles. The number of hydrogen-bond donors (Lipinski definition) is 0. The Labute approximate surface area is 396 Å². The summed E-state index contributed by atoms with van der Waals surface area (Å²) in [4.78, 5) is 3.75. The van der Waals surface area contributed by atoms with Gasteiger partial charge in [0.2, 0.25) is 0 Å². The van der Waals surface area contributed by atoms with Gasteiger partial charge in [-0.05, 0) is 19.8 Å². The van der Waals surface area contributed by atoms with Crippen molar-refractivity contribution in [3.05, 3.63) is 128 Å². The van der Waals surface area contributed by atoms with Crippen LogP contribution in [0.3, 0.4) is 0 Å². The molecular weight excluding hydrogens is 856 g/mol. The van der Waals surface area contributed by atoms with E-state index in [9.17, 15) is 0 Å². The summed E-state index contributed by atoms with van der Waals surface area (Å²) < 4.78 is 0. The molecule has 303 valence electrons. The van der Waals surface area contributed by atoms with Crippen LogP contribution >= 0.6 is 0 Å². The third-order valence-corrected chi connectivity index (χ3v) is 12.0. The maximum absolute atomic E-state index is 5.96. The van der Waals surface area contributed by atoms with Gasteiger partial charge in [0.1, 0.15) is 6.15 Å². The first-order valence-electron chi connectivity index (χ1n) is 22.9. The number of nitrogens with zero attached hydrogens (tertiary/aromatic N) is 1. The molecule has 5 saturated carbocycles. The van der Waals surface area contributed by atoms with Crippen molar-refractivity contribution in [2.24, 2.45) is 4.99 Å². The molecule has 1 radical (unpaired) electrons. The third kappa shape index (κ3) is 21.5. The van der Waals surface area contributed by atoms with Crippen molar-refractivity contribution in [2.75, 3.05) is 0 Å². The number of hydrogen-bond acceptors (Lipinski definition) is 1. The van der Waals surface area contributed by atoms with Crippen molar-refractivity contribution in [3.8, 4) is 5.92 Å². The smallest absolute Gasteiger partial charge is 0.694 e. The summed E-state index contributed by atoms with van der Waals surface area (Å²) in [6, 6.07) is 44.0. The van der Waals surface area contributed by atoms with E-state index in [2.05, 4.69) is 126 Å². The normalized spacial score (nSPS) is 16.4. The van der Waals surface area contributed by atoms with Crippen molar-refractivity contribution in [1.29, 1.82) is 0 Å². The van der Waals surface area contributed by atoms with Gasteiger partial charge in [-0.25, -0.2) is 0 Å². The monoisotopic (exact) mass is 928 g/mol. The zero-order valence-corrected chi connectivity index (χ0v) is 41.3. The van der Waals surface area contributed by atoms with Crippen LogP contribution in [-0.2, 0) is 52.4 Å². The van der Waals surface area contributed by atoms with Crippen molar-refractivity contribution in [3.63, 3.8) is 0 Å². The third-order valence-electron chi connectivity index (χ3n) is 12.0. The minimum Gasteiger partial charge on any atom is -0.694 e. The Morgan fingerprint density at radius 3 is 0.741 bits per heavy atom. The molecule has 4 heteroatoms. The van der Waals surface area contributed by atoms with E-state index in [0.717, 1.165) is 0 Å². The van der Waals surface area contributed by atoms with Crippen LogP contribution in [-0.4, -0.2) is 18.9 Å². The molecule has 0 heterocycles. The Kier molecular flexibility index (Phi) is 34.2. The molecule has 0 atom stereocenters. The predicted octanol–water partition coefficient (Wildman–Crippen LogP) is 13.4. The van der Waals surface area contributed by atoms with Gasteiger partial charge in [0.25, 0.3) is 0 Å². The van der Waals surface area contributed by atoms with E-state index in [0.29, 0.717) is 6.04 Å². The fourth-order valence-corrected chi connectivity index (χ4v) is 8.89. The summed E-state index contributed by atoms with van der Waals surface area (Å²) in [6.45, 7) is 6.67. The summed E-state index contributed by atoms with van der Waals surface area (Å²) in [6.07, 6.45) is 41.2. The summed E-state index contributed by atoms with van der Waals surface area (Å²) >= 11 is 0. The molecule has 0 amide bonds. The topological polar surface area (TPSA) is 12.4 Å². The first kappa shape index (κ1) is 54.0. The maximum atomic E-state index is 5.96. The molecule has 0 aromatic heterocycles. The standard InChI is InChI=1S/C24H20B.C7H12N.4C5H10.C3H3.2Zr/c1-5-13-21(14-6-1)25(22-15-7-2-8-16-22,23-17-9-3-10-18-23)24-19-11-4-12-20-24;1-8-7-5-3-2-4-6-7;4*1-2-4-5-3-1;1-3-2;;/h1-20H;1,7H,2-6H2;4*1-5H2;1H3;;/q2*-1;;;;;-1;+3;+4. The van der Waals surface area contributed by atoms with Crippen LogP contribution in [0.4, 0.5) is 0 Å². The maximum Gasteiger partial charge on any atom is 4.00 e. The fourth-order valence-electron chi connectivity index (χ4n) is 8.89. The molecule has 5 aliphatic rings. The van der Waals surface area contributed by atoms with Crippen molar-refractivity contribution < 1.29 is 52.4 Å². The molecule has 0 unspecified atom stereocenters. The Bertz CT molecular complexity index is 1270. The van der Waals surface area contributed by atoms with E-state index in [1.165, 1.54) is 182 Å². The van der Waals surface area contributed by atoms with Crippen LogP contribution in [0.15, 0.2) is 126 Å². The zero-order valence-electron chi connectivity index (χ0n) is 36.4. The number of rotatable bonds is 5. The molecular formula is C54H75BNZr2+4. The van der Waals surface area contributed by atoms with Crippen LogP contribution in [0.25, 0.3) is 0 Å². The van der Waals surface area contributed by atoms with Crippen molar-refractivity contribution in [1.82, 2.24) is 0 Å². The minimum absolute atomic E-state index is 0. The van der Waals surface area contributed by atoms with Crippen LogP contribution in [0.2, 0.25) is 0 Å². The van der Waals surface area contributed by atoms with Gasteiger partial charge in [-0.3, -0.25) is 0 Å². The second kappa shape index (κ2) is 36.8. The van der Waals surface area contributed by atoms with E-state index in [-0.39, 0.29) is 52.4 Å². The second-order valence-corrected chi connectivity index (χ2v) is 16.3. The molecule has 58 heavy (non-hydrogen) atoms. The molecule has 5 aliphatic carbocycles.